The number of carbonyl (C=O) groups excluding carboxylic acids is 1. The molecule has 1 aromatic carbocycles. The van der Waals surface area contributed by atoms with E-state index in [4.69, 9.17) is 4.74 Å². The summed E-state index contributed by atoms with van der Waals surface area (Å²) in [6.45, 7) is 2.53. The number of phenolic OH excluding ortho intramolecular Hbond substituents is 1. The Bertz CT molecular complexity index is 698. The van der Waals surface area contributed by atoms with Crippen LogP contribution in [0.1, 0.15) is 28.4 Å². The van der Waals surface area contributed by atoms with E-state index < -0.39 is 0 Å². The van der Waals surface area contributed by atoms with Crippen LogP contribution in [-0.4, -0.2) is 34.0 Å². The lowest BCUT2D eigenvalue weighted by atomic mass is 9.94. The van der Waals surface area contributed by atoms with E-state index in [2.05, 4.69) is 4.98 Å². The number of benzene rings is 1. The van der Waals surface area contributed by atoms with Gasteiger partial charge in [0.25, 0.3) is 5.91 Å². The van der Waals surface area contributed by atoms with Crippen molar-refractivity contribution in [3.8, 4) is 11.6 Å². The number of methoxy groups -OCH3 is 1. The van der Waals surface area contributed by atoms with Crippen molar-refractivity contribution in [2.24, 2.45) is 0 Å². The number of phenols is 1. The Hall–Kier alpha value is -2.56. The summed E-state index contributed by atoms with van der Waals surface area (Å²) in [5.41, 5.74) is 2.71. The maximum absolute atomic E-state index is 12.7. The zero-order valence-corrected chi connectivity index (χ0v) is 12.6. The average molecular weight is 298 g/mol. The van der Waals surface area contributed by atoms with E-state index in [-0.39, 0.29) is 17.7 Å². The predicted octanol–water partition coefficient (Wildman–Crippen LogP) is 2.38. The van der Waals surface area contributed by atoms with Gasteiger partial charge in [0.2, 0.25) is 5.88 Å². The molecule has 0 fully saturated rings. The molecule has 0 saturated carbocycles. The molecule has 22 heavy (non-hydrogen) atoms. The molecule has 1 aliphatic rings. The lowest BCUT2D eigenvalue weighted by Gasteiger charge is -2.35. The van der Waals surface area contributed by atoms with Crippen molar-refractivity contribution >= 4 is 5.91 Å². The van der Waals surface area contributed by atoms with Crippen molar-refractivity contribution in [2.75, 3.05) is 7.11 Å². The number of pyridine rings is 1. The molecule has 1 atom stereocenters. The Labute approximate surface area is 129 Å². The first-order valence-corrected chi connectivity index (χ1v) is 7.20. The van der Waals surface area contributed by atoms with Crippen LogP contribution in [0.3, 0.4) is 0 Å². The van der Waals surface area contributed by atoms with Gasteiger partial charge in [0, 0.05) is 24.8 Å². The summed E-state index contributed by atoms with van der Waals surface area (Å²) in [5.74, 6) is 0.655. The second-order valence-electron chi connectivity index (χ2n) is 5.53. The highest BCUT2D eigenvalue weighted by molar-refractivity contribution is 5.94. The fourth-order valence-corrected chi connectivity index (χ4v) is 2.79. The van der Waals surface area contributed by atoms with E-state index in [9.17, 15) is 9.90 Å². The molecule has 0 radical (unpaired) electrons. The number of hydrogen-bond acceptors (Lipinski definition) is 4. The molecule has 0 saturated heterocycles. The SMILES string of the molecule is COc1ccc(C(=O)N2Cc3cc(O)ccc3CC2C)cn1. The van der Waals surface area contributed by atoms with Gasteiger partial charge in [0.1, 0.15) is 5.75 Å². The largest absolute Gasteiger partial charge is 0.508 e. The molecule has 1 aromatic heterocycles. The van der Waals surface area contributed by atoms with Crippen LogP contribution in [0.4, 0.5) is 0 Å². The van der Waals surface area contributed by atoms with E-state index in [1.165, 1.54) is 11.8 Å². The van der Waals surface area contributed by atoms with E-state index in [1.54, 1.807) is 31.4 Å². The first-order chi connectivity index (χ1) is 10.6. The van der Waals surface area contributed by atoms with Gasteiger partial charge in [-0.3, -0.25) is 4.79 Å². The van der Waals surface area contributed by atoms with E-state index in [1.807, 2.05) is 17.9 Å². The summed E-state index contributed by atoms with van der Waals surface area (Å²) in [7, 11) is 1.54. The second kappa shape index (κ2) is 5.67. The van der Waals surface area contributed by atoms with Gasteiger partial charge in [-0.25, -0.2) is 4.98 Å². The third-order valence-electron chi connectivity index (χ3n) is 4.03. The quantitative estimate of drug-likeness (QED) is 0.924. The highest BCUT2D eigenvalue weighted by Gasteiger charge is 2.27. The van der Waals surface area contributed by atoms with Crippen LogP contribution in [0.5, 0.6) is 11.6 Å². The van der Waals surface area contributed by atoms with Crippen molar-refractivity contribution in [3.63, 3.8) is 0 Å². The van der Waals surface area contributed by atoms with Crippen LogP contribution in [0, 0.1) is 0 Å². The zero-order valence-electron chi connectivity index (χ0n) is 12.6. The van der Waals surface area contributed by atoms with Crippen molar-refractivity contribution in [1.82, 2.24) is 9.88 Å². The molecule has 2 aromatic rings. The predicted molar refractivity (Wildman–Crippen MR) is 81.9 cm³/mol. The fraction of sp³-hybridized carbons (Fsp3) is 0.294. The number of ether oxygens (including phenoxy) is 1. The van der Waals surface area contributed by atoms with Crippen molar-refractivity contribution in [2.45, 2.75) is 25.9 Å². The minimum atomic E-state index is -0.0587. The molecule has 3 rings (SSSR count). The fourth-order valence-electron chi connectivity index (χ4n) is 2.79. The first-order valence-electron chi connectivity index (χ1n) is 7.20. The zero-order chi connectivity index (χ0) is 15.7. The molecule has 0 spiro atoms. The molecular weight excluding hydrogens is 280 g/mol. The van der Waals surface area contributed by atoms with Gasteiger partial charge < -0.3 is 14.7 Å². The minimum absolute atomic E-state index is 0.0587. The Morgan fingerprint density at radius 3 is 2.82 bits per heavy atom. The minimum Gasteiger partial charge on any atom is -0.508 e. The summed E-state index contributed by atoms with van der Waals surface area (Å²) >= 11 is 0. The molecule has 1 amide bonds. The summed E-state index contributed by atoms with van der Waals surface area (Å²) in [5, 5.41) is 9.63. The van der Waals surface area contributed by atoms with Gasteiger partial charge in [0.15, 0.2) is 0 Å². The molecule has 1 N–H and O–H groups in total. The topological polar surface area (TPSA) is 62.7 Å². The standard InChI is InChI=1S/C17H18N2O3/c1-11-7-12-3-5-15(20)8-14(12)10-19(11)17(21)13-4-6-16(22-2)18-9-13/h3-6,8-9,11,20H,7,10H2,1-2H3. The Kier molecular flexibility index (Phi) is 3.71. The number of fused-ring (bicyclic) bond motifs is 1. The van der Waals surface area contributed by atoms with Gasteiger partial charge in [-0.1, -0.05) is 6.07 Å². The van der Waals surface area contributed by atoms with Crippen LogP contribution >= 0.6 is 0 Å². The summed E-state index contributed by atoms with van der Waals surface area (Å²) < 4.78 is 5.01. The van der Waals surface area contributed by atoms with Gasteiger partial charge in [-0.2, -0.15) is 0 Å². The summed E-state index contributed by atoms with van der Waals surface area (Å²) in [6, 6.07) is 8.86. The maximum atomic E-state index is 12.7. The number of aromatic nitrogens is 1. The molecular formula is C17H18N2O3. The average Bonchev–Trinajstić information content (AvgIpc) is 2.54. The number of rotatable bonds is 2. The van der Waals surface area contributed by atoms with Crippen LogP contribution in [0.25, 0.3) is 0 Å². The monoisotopic (exact) mass is 298 g/mol. The summed E-state index contributed by atoms with van der Waals surface area (Å²) in [6.07, 6.45) is 2.32. The highest BCUT2D eigenvalue weighted by atomic mass is 16.5. The molecule has 5 heteroatoms. The van der Waals surface area contributed by atoms with Crippen LogP contribution in [-0.2, 0) is 13.0 Å². The number of carbonyl (C=O) groups is 1. The van der Waals surface area contributed by atoms with Gasteiger partial charge in [-0.15, -0.1) is 0 Å². The first kappa shape index (κ1) is 14.4. The van der Waals surface area contributed by atoms with Crippen molar-refractivity contribution < 1.29 is 14.6 Å². The van der Waals surface area contributed by atoms with Gasteiger partial charge in [-0.05, 0) is 42.7 Å². The molecule has 114 valence electrons. The van der Waals surface area contributed by atoms with Crippen LogP contribution in [0.15, 0.2) is 36.5 Å². The normalized spacial score (nSPS) is 17.0. The highest BCUT2D eigenvalue weighted by Crippen LogP contribution is 2.27. The lowest BCUT2D eigenvalue weighted by Crippen LogP contribution is -2.42. The third-order valence-corrected chi connectivity index (χ3v) is 4.03. The van der Waals surface area contributed by atoms with Crippen molar-refractivity contribution in [3.05, 3.63) is 53.2 Å². The number of amides is 1. The summed E-state index contributed by atoms with van der Waals surface area (Å²) in [4.78, 5) is 18.6. The van der Waals surface area contributed by atoms with E-state index in [0.717, 1.165) is 12.0 Å². The Morgan fingerprint density at radius 1 is 1.32 bits per heavy atom. The lowest BCUT2D eigenvalue weighted by molar-refractivity contribution is 0.0657. The maximum Gasteiger partial charge on any atom is 0.255 e. The van der Waals surface area contributed by atoms with Crippen LogP contribution in [0.2, 0.25) is 0 Å². The second-order valence-corrected chi connectivity index (χ2v) is 5.53. The van der Waals surface area contributed by atoms with E-state index >= 15 is 0 Å². The molecule has 0 aliphatic carbocycles. The number of aromatic hydroxyl groups is 1. The van der Waals surface area contributed by atoms with Gasteiger partial charge >= 0.3 is 0 Å². The molecule has 1 aliphatic heterocycles. The van der Waals surface area contributed by atoms with Gasteiger partial charge in [0.05, 0.1) is 12.7 Å². The van der Waals surface area contributed by atoms with Crippen molar-refractivity contribution in [1.29, 1.82) is 0 Å². The molecule has 0 bridgehead atoms. The third kappa shape index (κ3) is 2.62. The Balaban J connectivity index is 1.86. The number of hydrogen-bond donors (Lipinski definition) is 1. The Morgan fingerprint density at radius 2 is 2.14 bits per heavy atom. The molecule has 1 unspecified atom stereocenters. The molecule has 5 nitrogen and oxygen atoms in total. The van der Waals surface area contributed by atoms with E-state index in [0.29, 0.717) is 18.0 Å². The van der Waals surface area contributed by atoms with Crippen LogP contribution < -0.4 is 4.74 Å². The molecule has 2 heterocycles. The smallest absolute Gasteiger partial charge is 0.255 e. The number of nitrogens with zero attached hydrogens (tertiary/aromatic N) is 2.